The summed E-state index contributed by atoms with van der Waals surface area (Å²) in [7, 11) is 0. The molecule has 0 spiro atoms. The fraction of sp³-hybridized carbons (Fsp3) is 0.400. The molecular weight excluding hydrogens is 298 g/mol. The largest absolute Gasteiger partial charge is 0.350 e. The van der Waals surface area contributed by atoms with Gasteiger partial charge in [-0.15, -0.1) is 0 Å². The molecule has 0 radical (unpaired) electrons. The predicted molar refractivity (Wildman–Crippen MR) is 95.4 cm³/mol. The summed E-state index contributed by atoms with van der Waals surface area (Å²) in [5, 5.41) is 3.02. The lowest BCUT2D eigenvalue weighted by Crippen LogP contribution is -2.41. The first-order chi connectivity index (χ1) is 11.8. The van der Waals surface area contributed by atoms with Crippen molar-refractivity contribution in [1.29, 1.82) is 0 Å². The number of carbonyl (C=O) groups excluding carboxylic acids is 1. The number of hydrogen-bond acceptors (Lipinski definition) is 3. The van der Waals surface area contributed by atoms with Crippen LogP contribution in [0.25, 0.3) is 0 Å². The van der Waals surface area contributed by atoms with E-state index in [2.05, 4.69) is 45.5 Å². The van der Waals surface area contributed by atoms with E-state index in [0.717, 1.165) is 44.6 Å². The molecule has 2 aromatic rings. The molecule has 24 heavy (non-hydrogen) atoms. The third-order valence-electron chi connectivity index (χ3n) is 4.69. The Bertz CT molecular complexity index is 622. The molecule has 1 saturated heterocycles. The number of hydrogen-bond donors (Lipinski definition) is 1. The highest BCUT2D eigenvalue weighted by Gasteiger charge is 2.24. The van der Waals surface area contributed by atoms with E-state index in [-0.39, 0.29) is 11.8 Å². The topological polar surface area (TPSA) is 45.2 Å². The molecular formula is C20H25N3O. The van der Waals surface area contributed by atoms with Crippen LogP contribution in [-0.2, 0) is 17.8 Å². The van der Waals surface area contributed by atoms with E-state index in [1.165, 1.54) is 5.56 Å². The summed E-state index contributed by atoms with van der Waals surface area (Å²) in [6.07, 6.45) is 4.73. The van der Waals surface area contributed by atoms with Crippen molar-refractivity contribution in [3.63, 3.8) is 0 Å². The van der Waals surface area contributed by atoms with Crippen molar-refractivity contribution in [2.75, 3.05) is 19.6 Å². The van der Waals surface area contributed by atoms with Crippen molar-refractivity contribution in [1.82, 2.24) is 15.2 Å². The third kappa shape index (κ3) is 4.90. The highest BCUT2D eigenvalue weighted by atomic mass is 16.1. The Balaban J connectivity index is 1.37. The number of carbonyl (C=O) groups is 1. The fourth-order valence-corrected chi connectivity index (χ4v) is 3.18. The molecule has 4 nitrogen and oxygen atoms in total. The monoisotopic (exact) mass is 323 g/mol. The van der Waals surface area contributed by atoms with Crippen molar-refractivity contribution < 1.29 is 4.79 Å². The minimum Gasteiger partial charge on any atom is -0.350 e. The smallest absolute Gasteiger partial charge is 0.223 e. The molecule has 1 amide bonds. The van der Waals surface area contributed by atoms with Gasteiger partial charge in [-0.05, 0) is 50.0 Å². The van der Waals surface area contributed by atoms with E-state index < -0.39 is 0 Å². The van der Waals surface area contributed by atoms with E-state index in [4.69, 9.17) is 0 Å². The van der Waals surface area contributed by atoms with Gasteiger partial charge in [0, 0.05) is 18.7 Å². The zero-order valence-electron chi connectivity index (χ0n) is 14.0. The molecule has 1 aromatic carbocycles. The summed E-state index contributed by atoms with van der Waals surface area (Å²) >= 11 is 0. The number of benzene rings is 1. The van der Waals surface area contributed by atoms with Gasteiger partial charge in [0.25, 0.3) is 0 Å². The molecule has 1 N–H and O–H groups in total. The number of nitrogens with zero attached hydrogens (tertiary/aromatic N) is 2. The summed E-state index contributed by atoms with van der Waals surface area (Å²) in [6, 6.07) is 16.4. The van der Waals surface area contributed by atoms with E-state index in [9.17, 15) is 4.79 Å². The average Bonchev–Trinajstić information content (AvgIpc) is 2.66. The van der Waals surface area contributed by atoms with Crippen LogP contribution in [0.2, 0.25) is 0 Å². The number of rotatable bonds is 6. The Hall–Kier alpha value is -2.20. The lowest BCUT2D eigenvalue weighted by Gasteiger charge is -2.31. The zero-order chi connectivity index (χ0) is 16.6. The SMILES string of the molecule is O=C(NCc1ccccn1)C1CCN(CCc2ccccc2)CC1. The molecule has 1 aromatic heterocycles. The van der Waals surface area contributed by atoms with Crippen LogP contribution in [0.1, 0.15) is 24.1 Å². The normalized spacial score (nSPS) is 16.0. The van der Waals surface area contributed by atoms with Crippen LogP contribution in [0.15, 0.2) is 54.7 Å². The van der Waals surface area contributed by atoms with Crippen molar-refractivity contribution in [2.45, 2.75) is 25.8 Å². The van der Waals surface area contributed by atoms with Gasteiger partial charge in [0.05, 0.1) is 12.2 Å². The van der Waals surface area contributed by atoms with Gasteiger partial charge in [-0.1, -0.05) is 36.4 Å². The van der Waals surface area contributed by atoms with Gasteiger partial charge >= 0.3 is 0 Å². The van der Waals surface area contributed by atoms with Gasteiger partial charge in [0.2, 0.25) is 5.91 Å². The molecule has 0 aliphatic carbocycles. The van der Waals surface area contributed by atoms with Crippen molar-refractivity contribution in [3.8, 4) is 0 Å². The second-order valence-electron chi connectivity index (χ2n) is 6.39. The first-order valence-corrected chi connectivity index (χ1v) is 8.75. The van der Waals surface area contributed by atoms with Gasteiger partial charge in [-0.25, -0.2) is 0 Å². The van der Waals surface area contributed by atoms with Gasteiger partial charge in [-0.3, -0.25) is 9.78 Å². The molecule has 4 heteroatoms. The van der Waals surface area contributed by atoms with Crippen LogP contribution in [0.5, 0.6) is 0 Å². The van der Waals surface area contributed by atoms with Crippen LogP contribution >= 0.6 is 0 Å². The number of likely N-dealkylation sites (tertiary alicyclic amines) is 1. The van der Waals surface area contributed by atoms with Gasteiger partial charge in [0.15, 0.2) is 0 Å². The van der Waals surface area contributed by atoms with Crippen molar-refractivity contribution in [2.24, 2.45) is 5.92 Å². The molecule has 0 saturated carbocycles. The molecule has 1 aliphatic rings. The minimum absolute atomic E-state index is 0.140. The zero-order valence-corrected chi connectivity index (χ0v) is 14.0. The van der Waals surface area contributed by atoms with Crippen LogP contribution in [0.3, 0.4) is 0 Å². The van der Waals surface area contributed by atoms with Crippen LogP contribution in [-0.4, -0.2) is 35.4 Å². The number of aromatic nitrogens is 1. The summed E-state index contributed by atoms with van der Waals surface area (Å²) < 4.78 is 0. The first-order valence-electron chi connectivity index (χ1n) is 8.75. The Morgan fingerprint density at radius 2 is 1.83 bits per heavy atom. The molecule has 0 atom stereocenters. The first kappa shape index (κ1) is 16.7. The molecule has 3 rings (SSSR count). The van der Waals surface area contributed by atoms with Gasteiger partial charge < -0.3 is 10.2 Å². The molecule has 0 unspecified atom stereocenters. The second-order valence-corrected chi connectivity index (χ2v) is 6.39. The lowest BCUT2D eigenvalue weighted by atomic mass is 9.95. The molecule has 2 heterocycles. The number of nitrogens with one attached hydrogen (secondary N) is 1. The molecule has 126 valence electrons. The maximum absolute atomic E-state index is 12.3. The summed E-state index contributed by atoms with van der Waals surface area (Å²) in [5.74, 6) is 0.310. The highest BCUT2D eigenvalue weighted by Crippen LogP contribution is 2.18. The minimum atomic E-state index is 0.140. The fourth-order valence-electron chi connectivity index (χ4n) is 3.18. The third-order valence-corrected chi connectivity index (χ3v) is 4.69. The molecule has 1 aliphatic heterocycles. The maximum atomic E-state index is 12.3. The summed E-state index contributed by atoms with van der Waals surface area (Å²) in [4.78, 5) is 19.0. The molecule has 1 fully saturated rings. The molecule has 0 bridgehead atoms. The average molecular weight is 323 g/mol. The van der Waals surface area contributed by atoms with Gasteiger partial charge in [0.1, 0.15) is 0 Å². The van der Waals surface area contributed by atoms with E-state index in [0.29, 0.717) is 6.54 Å². The van der Waals surface area contributed by atoms with Crippen LogP contribution in [0, 0.1) is 5.92 Å². The standard InChI is InChI=1S/C20H25N3O/c24-20(22-16-19-8-4-5-12-21-19)18-10-14-23(15-11-18)13-9-17-6-2-1-3-7-17/h1-8,12,18H,9-11,13-16H2,(H,22,24). The Morgan fingerprint density at radius 3 is 2.54 bits per heavy atom. The number of piperidine rings is 1. The number of pyridine rings is 1. The quantitative estimate of drug-likeness (QED) is 0.889. The summed E-state index contributed by atoms with van der Waals surface area (Å²) in [5.41, 5.74) is 2.29. The van der Waals surface area contributed by atoms with Crippen LogP contribution in [0.4, 0.5) is 0 Å². The Morgan fingerprint density at radius 1 is 1.08 bits per heavy atom. The summed E-state index contributed by atoms with van der Waals surface area (Å²) in [6.45, 7) is 3.61. The lowest BCUT2D eigenvalue weighted by molar-refractivity contribution is -0.126. The van der Waals surface area contributed by atoms with E-state index >= 15 is 0 Å². The number of amides is 1. The Kier molecular flexibility index (Phi) is 5.96. The van der Waals surface area contributed by atoms with Gasteiger partial charge in [-0.2, -0.15) is 0 Å². The second kappa shape index (κ2) is 8.60. The van der Waals surface area contributed by atoms with E-state index in [1.807, 2.05) is 18.2 Å². The Labute approximate surface area is 143 Å². The predicted octanol–water partition coefficient (Wildman–Crippen LogP) is 2.65. The highest BCUT2D eigenvalue weighted by molar-refractivity contribution is 5.78. The van der Waals surface area contributed by atoms with Crippen molar-refractivity contribution >= 4 is 5.91 Å². The maximum Gasteiger partial charge on any atom is 0.223 e. The van der Waals surface area contributed by atoms with Crippen LogP contribution < -0.4 is 5.32 Å². The van der Waals surface area contributed by atoms with Crippen molar-refractivity contribution in [3.05, 3.63) is 66.0 Å². The van der Waals surface area contributed by atoms with E-state index in [1.54, 1.807) is 6.20 Å².